The Hall–Kier alpha value is -2.16. The van der Waals surface area contributed by atoms with E-state index in [1.54, 1.807) is 0 Å². The molecule has 0 aliphatic carbocycles. The topological polar surface area (TPSA) is 56.3 Å². The summed E-state index contributed by atoms with van der Waals surface area (Å²) in [5, 5.41) is 13.6. The number of hydrogen-bond donors (Lipinski definition) is 0. The molecule has 0 saturated carbocycles. The maximum atomic E-state index is 9.55. The zero-order valence-corrected chi connectivity index (χ0v) is 13.7. The van der Waals surface area contributed by atoms with Gasteiger partial charge in [0, 0.05) is 38.3 Å². The van der Waals surface area contributed by atoms with Crippen molar-refractivity contribution in [3.63, 3.8) is 0 Å². The molecule has 0 radical (unpaired) electrons. The van der Waals surface area contributed by atoms with Crippen LogP contribution in [0.5, 0.6) is 0 Å². The number of aryl methyl sites for hydroxylation is 2. The summed E-state index contributed by atoms with van der Waals surface area (Å²) in [6.07, 6.45) is 0. The fraction of sp³-hybridized carbons (Fsp3) is 0.444. The largest absolute Gasteiger partial charge is 0.361 e. The number of aromatic nitrogens is 1. The number of piperazine rings is 1. The second-order valence-corrected chi connectivity index (χ2v) is 6.06. The number of nitrogens with zero attached hydrogens (tertiary/aromatic N) is 4. The van der Waals surface area contributed by atoms with Crippen molar-refractivity contribution in [2.24, 2.45) is 0 Å². The Bertz CT molecular complexity index is 661. The molecule has 120 valence electrons. The molecule has 2 aromatic rings. The van der Waals surface area contributed by atoms with Gasteiger partial charge >= 0.3 is 0 Å². The fourth-order valence-electron chi connectivity index (χ4n) is 3.13. The zero-order chi connectivity index (χ0) is 16.2. The summed E-state index contributed by atoms with van der Waals surface area (Å²) in [5.41, 5.74) is 3.25. The van der Waals surface area contributed by atoms with Gasteiger partial charge in [-0.3, -0.25) is 9.80 Å². The summed E-state index contributed by atoms with van der Waals surface area (Å²) in [6.45, 7) is 8.53. The van der Waals surface area contributed by atoms with Crippen LogP contribution >= 0.6 is 0 Å². The predicted octanol–water partition coefficient (Wildman–Crippen LogP) is 2.67. The summed E-state index contributed by atoms with van der Waals surface area (Å²) in [4.78, 5) is 4.67. The first kappa shape index (κ1) is 15.7. The number of rotatable bonds is 4. The summed E-state index contributed by atoms with van der Waals surface area (Å²) in [5.74, 6) is 0.907. The Morgan fingerprint density at radius 2 is 1.87 bits per heavy atom. The predicted molar refractivity (Wildman–Crippen MR) is 87.6 cm³/mol. The molecule has 1 aromatic carbocycles. The van der Waals surface area contributed by atoms with Crippen molar-refractivity contribution in [2.45, 2.75) is 26.4 Å². The first-order valence-corrected chi connectivity index (χ1v) is 8.01. The van der Waals surface area contributed by atoms with E-state index in [2.05, 4.69) is 21.0 Å². The van der Waals surface area contributed by atoms with Gasteiger partial charge < -0.3 is 4.52 Å². The van der Waals surface area contributed by atoms with Gasteiger partial charge in [0.15, 0.2) is 0 Å². The molecule has 2 heterocycles. The lowest BCUT2D eigenvalue weighted by Gasteiger charge is -2.37. The van der Waals surface area contributed by atoms with Crippen LogP contribution < -0.4 is 0 Å². The summed E-state index contributed by atoms with van der Waals surface area (Å²) in [6, 6.07) is 12.3. The molecule has 1 fully saturated rings. The van der Waals surface area contributed by atoms with Crippen LogP contribution in [0.2, 0.25) is 0 Å². The third-order valence-corrected chi connectivity index (χ3v) is 4.57. The van der Waals surface area contributed by atoms with E-state index in [4.69, 9.17) is 4.52 Å². The standard InChI is InChI=1S/C18H22N4O/c1-14-17(15(2)23-20-14)13-21-8-10-22(11-9-21)18(12-19)16-6-4-3-5-7-16/h3-7,18H,8-11,13H2,1-2H3/t18-/m1/s1. The lowest BCUT2D eigenvalue weighted by atomic mass is 10.1. The monoisotopic (exact) mass is 310 g/mol. The van der Waals surface area contributed by atoms with E-state index in [1.807, 2.05) is 44.2 Å². The summed E-state index contributed by atoms with van der Waals surface area (Å²) < 4.78 is 5.24. The van der Waals surface area contributed by atoms with Crippen molar-refractivity contribution in [2.75, 3.05) is 26.2 Å². The Morgan fingerprint density at radius 3 is 2.43 bits per heavy atom. The lowest BCUT2D eigenvalue weighted by molar-refractivity contribution is 0.109. The molecule has 0 N–H and O–H groups in total. The van der Waals surface area contributed by atoms with Crippen LogP contribution in [0, 0.1) is 25.2 Å². The van der Waals surface area contributed by atoms with Gasteiger partial charge in [0.1, 0.15) is 11.8 Å². The van der Waals surface area contributed by atoms with Crippen molar-refractivity contribution in [3.8, 4) is 6.07 Å². The molecule has 1 aliphatic rings. The smallest absolute Gasteiger partial charge is 0.138 e. The SMILES string of the molecule is Cc1noc(C)c1CN1CCN([C@H](C#N)c2ccccc2)CC1. The minimum absolute atomic E-state index is 0.155. The van der Waals surface area contributed by atoms with Gasteiger partial charge in [0.25, 0.3) is 0 Å². The van der Waals surface area contributed by atoms with E-state index in [9.17, 15) is 5.26 Å². The van der Waals surface area contributed by atoms with Crippen LogP contribution in [0.15, 0.2) is 34.9 Å². The van der Waals surface area contributed by atoms with Gasteiger partial charge in [-0.15, -0.1) is 0 Å². The molecule has 5 heteroatoms. The van der Waals surface area contributed by atoms with Crippen LogP contribution in [0.1, 0.15) is 28.6 Å². The second-order valence-electron chi connectivity index (χ2n) is 6.06. The van der Waals surface area contributed by atoms with Gasteiger partial charge in [-0.2, -0.15) is 5.26 Å². The Kier molecular flexibility index (Phi) is 4.75. The minimum Gasteiger partial charge on any atom is -0.361 e. The van der Waals surface area contributed by atoms with Crippen molar-refractivity contribution >= 4 is 0 Å². The third kappa shape index (κ3) is 3.44. The molecule has 0 amide bonds. The fourth-order valence-corrected chi connectivity index (χ4v) is 3.13. The Labute approximate surface area is 137 Å². The van der Waals surface area contributed by atoms with Crippen molar-refractivity contribution in [3.05, 3.63) is 52.9 Å². The molecule has 1 atom stereocenters. The molecule has 0 bridgehead atoms. The molecular formula is C18H22N4O. The molecule has 1 saturated heterocycles. The van der Waals surface area contributed by atoms with Crippen molar-refractivity contribution < 1.29 is 4.52 Å². The van der Waals surface area contributed by atoms with E-state index in [0.717, 1.165) is 49.7 Å². The summed E-state index contributed by atoms with van der Waals surface area (Å²) in [7, 11) is 0. The van der Waals surface area contributed by atoms with Crippen LogP contribution in [0.25, 0.3) is 0 Å². The molecule has 1 aromatic heterocycles. The number of hydrogen-bond acceptors (Lipinski definition) is 5. The number of benzene rings is 1. The van der Waals surface area contributed by atoms with Crippen LogP contribution in [0.4, 0.5) is 0 Å². The average Bonchev–Trinajstić information content (AvgIpc) is 2.90. The van der Waals surface area contributed by atoms with Gasteiger partial charge in [-0.25, -0.2) is 0 Å². The molecule has 0 spiro atoms. The van der Waals surface area contributed by atoms with Crippen LogP contribution in [-0.2, 0) is 6.54 Å². The minimum atomic E-state index is -0.155. The normalized spacial score (nSPS) is 17.8. The van der Waals surface area contributed by atoms with Crippen LogP contribution in [-0.4, -0.2) is 41.1 Å². The highest BCUT2D eigenvalue weighted by Crippen LogP contribution is 2.22. The molecular weight excluding hydrogens is 288 g/mol. The second kappa shape index (κ2) is 6.95. The van der Waals surface area contributed by atoms with Crippen LogP contribution in [0.3, 0.4) is 0 Å². The maximum Gasteiger partial charge on any atom is 0.138 e. The number of nitriles is 1. The average molecular weight is 310 g/mol. The van der Waals surface area contributed by atoms with Gasteiger partial charge in [-0.05, 0) is 19.4 Å². The molecule has 1 aliphatic heterocycles. The maximum absolute atomic E-state index is 9.55. The summed E-state index contributed by atoms with van der Waals surface area (Å²) >= 11 is 0. The van der Waals surface area contributed by atoms with Crippen molar-refractivity contribution in [1.82, 2.24) is 15.0 Å². The molecule has 0 unspecified atom stereocenters. The molecule has 5 nitrogen and oxygen atoms in total. The van der Waals surface area contributed by atoms with E-state index in [1.165, 1.54) is 5.56 Å². The van der Waals surface area contributed by atoms with E-state index in [-0.39, 0.29) is 6.04 Å². The highest BCUT2D eigenvalue weighted by molar-refractivity contribution is 5.24. The van der Waals surface area contributed by atoms with Gasteiger partial charge in [0.05, 0.1) is 11.8 Å². The first-order chi connectivity index (χ1) is 11.2. The van der Waals surface area contributed by atoms with E-state index >= 15 is 0 Å². The third-order valence-electron chi connectivity index (χ3n) is 4.57. The lowest BCUT2D eigenvalue weighted by Crippen LogP contribution is -2.47. The zero-order valence-electron chi connectivity index (χ0n) is 13.7. The van der Waals surface area contributed by atoms with E-state index < -0.39 is 0 Å². The van der Waals surface area contributed by atoms with E-state index in [0.29, 0.717) is 0 Å². The highest BCUT2D eigenvalue weighted by atomic mass is 16.5. The van der Waals surface area contributed by atoms with Gasteiger partial charge in [-0.1, -0.05) is 35.5 Å². The molecule has 23 heavy (non-hydrogen) atoms. The van der Waals surface area contributed by atoms with Crippen molar-refractivity contribution in [1.29, 1.82) is 5.26 Å². The van der Waals surface area contributed by atoms with Gasteiger partial charge in [0.2, 0.25) is 0 Å². The molecule has 3 rings (SSSR count). The Balaban J connectivity index is 1.61. The highest BCUT2D eigenvalue weighted by Gasteiger charge is 2.25. The quantitative estimate of drug-likeness (QED) is 0.869. The first-order valence-electron chi connectivity index (χ1n) is 8.01. The Morgan fingerprint density at radius 1 is 1.17 bits per heavy atom.